The van der Waals surface area contributed by atoms with Crippen molar-refractivity contribution in [3.05, 3.63) is 110 Å². The molecule has 0 radical (unpaired) electrons. The molecule has 130 valence electrons. The number of imidazole rings is 1. The summed E-state index contributed by atoms with van der Waals surface area (Å²) >= 11 is 1.44. The number of para-hydroxylation sites is 2. The Morgan fingerprint density at radius 2 is 1.67 bits per heavy atom. The molecule has 4 heteroatoms. The highest BCUT2D eigenvalue weighted by atomic mass is 32.1. The molecule has 0 amide bonds. The Morgan fingerprint density at radius 3 is 2.56 bits per heavy atom. The quantitative estimate of drug-likeness (QED) is 0.482. The van der Waals surface area contributed by atoms with Crippen molar-refractivity contribution < 1.29 is 0 Å². The van der Waals surface area contributed by atoms with Gasteiger partial charge in [0.15, 0.2) is 4.96 Å². The molecule has 0 aliphatic heterocycles. The lowest BCUT2D eigenvalue weighted by atomic mass is 10.0. The molecule has 0 saturated heterocycles. The Bertz CT molecular complexity index is 1370. The highest BCUT2D eigenvalue weighted by Crippen LogP contribution is 2.16. The minimum Gasteiger partial charge on any atom is -0.267 e. The molecule has 0 saturated carbocycles. The van der Waals surface area contributed by atoms with E-state index in [1.54, 1.807) is 4.40 Å². The van der Waals surface area contributed by atoms with Gasteiger partial charge in [0.25, 0.3) is 5.56 Å². The molecule has 0 aliphatic carbocycles. The topological polar surface area (TPSA) is 34.4 Å². The van der Waals surface area contributed by atoms with E-state index in [0.717, 1.165) is 28.0 Å². The van der Waals surface area contributed by atoms with E-state index in [9.17, 15) is 4.79 Å². The lowest BCUT2D eigenvalue weighted by molar-refractivity contribution is 1.18. The molecule has 2 aromatic heterocycles. The predicted octanol–water partition coefficient (Wildman–Crippen LogP) is 4.05. The van der Waals surface area contributed by atoms with Crippen molar-refractivity contribution in [2.45, 2.75) is 6.42 Å². The van der Waals surface area contributed by atoms with Gasteiger partial charge in [0.05, 0.1) is 15.6 Å². The van der Waals surface area contributed by atoms with E-state index in [2.05, 4.69) is 41.4 Å². The fourth-order valence-corrected chi connectivity index (χ4v) is 4.37. The number of nitrogens with zero attached hydrogens (tertiary/aromatic N) is 2. The average molecular weight is 368 g/mol. The first kappa shape index (κ1) is 16.0. The van der Waals surface area contributed by atoms with Gasteiger partial charge in [-0.1, -0.05) is 78.1 Å². The minimum absolute atomic E-state index is 0.00263. The van der Waals surface area contributed by atoms with Gasteiger partial charge < -0.3 is 0 Å². The summed E-state index contributed by atoms with van der Waals surface area (Å²) in [7, 11) is 0. The van der Waals surface area contributed by atoms with Crippen molar-refractivity contribution in [3.63, 3.8) is 0 Å². The van der Waals surface area contributed by atoms with Gasteiger partial charge >= 0.3 is 0 Å². The lowest BCUT2D eigenvalue weighted by Crippen LogP contribution is -2.22. The van der Waals surface area contributed by atoms with Gasteiger partial charge in [0, 0.05) is 0 Å². The van der Waals surface area contributed by atoms with Gasteiger partial charge in [-0.15, -0.1) is 0 Å². The van der Waals surface area contributed by atoms with E-state index in [1.165, 1.54) is 22.5 Å². The van der Waals surface area contributed by atoms with Crippen LogP contribution in [0.25, 0.3) is 22.1 Å². The Balaban J connectivity index is 1.58. The van der Waals surface area contributed by atoms with Crippen LogP contribution >= 0.6 is 11.3 Å². The number of fused-ring (bicyclic) bond motifs is 3. The third-order valence-corrected chi connectivity index (χ3v) is 5.61. The highest BCUT2D eigenvalue weighted by molar-refractivity contribution is 7.15. The van der Waals surface area contributed by atoms with Crippen molar-refractivity contribution in [2.75, 3.05) is 0 Å². The lowest BCUT2D eigenvalue weighted by Gasteiger charge is -2.03. The highest BCUT2D eigenvalue weighted by Gasteiger charge is 2.10. The second-order valence-electron chi connectivity index (χ2n) is 6.54. The van der Waals surface area contributed by atoms with E-state index in [-0.39, 0.29) is 5.56 Å². The van der Waals surface area contributed by atoms with Crippen LogP contribution in [0.1, 0.15) is 16.7 Å². The van der Waals surface area contributed by atoms with Gasteiger partial charge in [-0.2, -0.15) is 0 Å². The van der Waals surface area contributed by atoms with Crippen LogP contribution in [0.5, 0.6) is 0 Å². The van der Waals surface area contributed by atoms with Gasteiger partial charge in [-0.25, -0.2) is 9.38 Å². The van der Waals surface area contributed by atoms with E-state index in [0.29, 0.717) is 4.53 Å². The minimum atomic E-state index is -0.00263. The van der Waals surface area contributed by atoms with Crippen LogP contribution in [-0.2, 0) is 6.42 Å². The Morgan fingerprint density at radius 1 is 0.889 bits per heavy atom. The van der Waals surface area contributed by atoms with E-state index in [1.807, 2.05) is 48.5 Å². The molecule has 5 aromatic rings. The standard InChI is InChI=1S/C23H16N2OS/c26-22-21(27-23-24-19-11-4-5-12-20(19)25(22)23)15-18-10-6-9-17(14-18)13-16-7-2-1-3-8-16/h1-12,14-15H,13H2/b21-15-. The first-order valence-electron chi connectivity index (χ1n) is 8.82. The number of thiazole rings is 1. The predicted molar refractivity (Wildman–Crippen MR) is 111 cm³/mol. The van der Waals surface area contributed by atoms with Crippen LogP contribution in [-0.4, -0.2) is 9.38 Å². The molecule has 5 rings (SSSR count). The van der Waals surface area contributed by atoms with Crippen molar-refractivity contribution >= 4 is 33.4 Å². The van der Waals surface area contributed by atoms with Gasteiger partial charge in [0.1, 0.15) is 0 Å². The summed E-state index contributed by atoms with van der Waals surface area (Å²) in [6.07, 6.45) is 2.84. The molecular weight excluding hydrogens is 352 g/mol. The second-order valence-corrected chi connectivity index (χ2v) is 7.55. The maximum atomic E-state index is 12.9. The monoisotopic (exact) mass is 368 g/mol. The fourth-order valence-electron chi connectivity index (χ4n) is 3.39. The number of hydrogen-bond donors (Lipinski definition) is 0. The summed E-state index contributed by atoms with van der Waals surface area (Å²) in [6, 6.07) is 26.5. The number of rotatable bonds is 3. The SMILES string of the molecule is O=c1/c(=C/c2cccc(Cc3ccccc3)c2)sc2nc3ccccc3n12. The molecular formula is C23H16N2OS. The molecule has 0 N–H and O–H groups in total. The molecule has 3 nitrogen and oxygen atoms in total. The third kappa shape index (κ3) is 2.94. The summed E-state index contributed by atoms with van der Waals surface area (Å²) in [5, 5.41) is 0. The summed E-state index contributed by atoms with van der Waals surface area (Å²) in [6.45, 7) is 0. The van der Waals surface area contributed by atoms with Crippen LogP contribution in [0.2, 0.25) is 0 Å². The van der Waals surface area contributed by atoms with Crippen LogP contribution in [0.3, 0.4) is 0 Å². The Hall–Kier alpha value is -3.24. The van der Waals surface area contributed by atoms with E-state index < -0.39 is 0 Å². The first-order valence-corrected chi connectivity index (χ1v) is 9.64. The van der Waals surface area contributed by atoms with Crippen molar-refractivity contribution in [2.24, 2.45) is 0 Å². The molecule has 3 aromatic carbocycles. The number of aromatic nitrogens is 2. The molecule has 0 atom stereocenters. The molecule has 0 fully saturated rings. The third-order valence-electron chi connectivity index (χ3n) is 4.65. The molecule has 27 heavy (non-hydrogen) atoms. The molecule has 0 spiro atoms. The normalized spacial score (nSPS) is 12.2. The first-order chi connectivity index (χ1) is 13.3. The Labute approximate surface area is 159 Å². The Kier molecular flexibility index (Phi) is 3.84. The second kappa shape index (κ2) is 6.49. The van der Waals surface area contributed by atoms with Gasteiger partial charge in [-0.05, 0) is 41.3 Å². The maximum Gasteiger partial charge on any atom is 0.274 e. The number of benzene rings is 3. The largest absolute Gasteiger partial charge is 0.274 e. The van der Waals surface area contributed by atoms with Gasteiger partial charge in [0.2, 0.25) is 0 Å². The van der Waals surface area contributed by atoms with Crippen molar-refractivity contribution in [1.29, 1.82) is 0 Å². The van der Waals surface area contributed by atoms with Crippen LogP contribution in [0.4, 0.5) is 0 Å². The molecule has 0 aliphatic rings. The smallest absolute Gasteiger partial charge is 0.267 e. The van der Waals surface area contributed by atoms with Crippen molar-refractivity contribution in [3.8, 4) is 0 Å². The van der Waals surface area contributed by atoms with Crippen LogP contribution < -0.4 is 10.1 Å². The molecule has 2 heterocycles. The average Bonchev–Trinajstić information content (AvgIpc) is 3.19. The summed E-state index contributed by atoms with van der Waals surface area (Å²) in [4.78, 5) is 18.2. The maximum absolute atomic E-state index is 12.9. The van der Waals surface area contributed by atoms with E-state index >= 15 is 0 Å². The zero-order valence-corrected chi connectivity index (χ0v) is 15.3. The van der Waals surface area contributed by atoms with E-state index in [4.69, 9.17) is 0 Å². The summed E-state index contributed by atoms with van der Waals surface area (Å²) < 4.78 is 2.42. The van der Waals surface area contributed by atoms with Crippen molar-refractivity contribution in [1.82, 2.24) is 9.38 Å². The molecule has 0 bridgehead atoms. The summed E-state index contributed by atoms with van der Waals surface area (Å²) in [5.41, 5.74) is 5.27. The summed E-state index contributed by atoms with van der Waals surface area (Å²) in [5.74, 6) is 0. The fraction of sp³-hybridized carbons (Fsp3) is 0.0435. The zero-order valence-electron chi connectivity index (χ0n) is 14.5. The zero-order chi connectivity index (χ0) is 18.2. The van der Waals surface area contributed by atoms with Crippen LogP contribution in [0, 0.1) is 0 Å². The van der Waals surface area contributed by atoms with Gasteiger partial charge in [-0.3, -0.25) is 4.79 Å². The molecule has 0 unspecified atom stereocenters. The van der Waals surface area contributed by atoms with Crippen LogP contribution in [0.15, 0.2) is 83.7 Å². The number of hydrogen-bond acceptors (Lipinski definition) is 3.